The summed E-state index contributed by atoms with van der Waals surface area (Å²) in [5.41, 5.74) is 3.93. The molecule has 1 atom stereocenters. The molecule has 4 rings (SSSR count). The molecule has 0 bridgehead atoms. The Morgan fingerprint density at radius 1 is 1.19 bits per heavy atom. The Hall–Kier alpha value is -2.60. The third-order valence-corrected chi connectivity index (χ3v) is 5.74. The first-order chi connectivity index (χ1) is 13.1. The molecule has 1 N–H and O–H groups in total. The average molecular weight is 379 g/mol. The molecule has 0 saturated heterocycles. The highest BCUT2D eigenvalue weighted by Gasteiger charge is 2.34. The van der Waals surface area contributed by atoms with E-state index in [1.165, 1.54) is 0 Å². The van der Waals surface area contributed by atoms with Crippen LogP contribution in [-0.2, 0) is 4.79 Å². The number of aryl methyl sites for hydroxylation is 2. The van der Waals surface area contributed by atoms with Gasteiger partial charge in [0.05, 0.1) is 5.36 Å². The van der Waals surface area contributed by atoms with E-state index in [1.54, 1.807) is 16.8 Å². The average Bonchev–Trinajstić information content (AvgIpc) is 2.67. The number of carbonyl (C=O) groups is 1. The first-order valence-corrected chi connectivity index (χ1v) is 10.1. The lowest BCUT2D eigenvalue weighted by Gasteiger charge is -2.34. The summed E-state index contributed by atoms with van der Waals surface area (Å²) < 4.78 is 0. The van der Waals surface area contributed by atoms with E-state index in [9.17, 15) is 4.79 Å². The number of fused-ring (bicyclic) bond motifs is 2. The van der Waals surface area contributed by atoms with Gasteiger partial charge in [-0.05, 0) is 31.9 Å². The number of amidine groups is 1. The molecular formula is C21H22N4OS. The molecular weight excluding hydrogens is 356 g/mol. The van der Waals surface area contributed by atoms with Gasteiger partial charge < -0.3 is 0 Å². The van der Waals surface area contributed by atoms with Crippen LogP contribution in [0.4, 0.5) is 0 Å². The lowest BCUT2D eigenvalue weighted by molar-refractivity contribution is -0.116. The van der Waals surface area contributed by atoms with Crippen molar-refractivity contribution >= 4 is 28.5 Å². The second kappa shape index (κ2) is 7.19. The summed E-state index contributed by atoms with van der Waals surface area (Å²) >= 11 is 1.56. The zero-order valence-corrected chi connectivity index (χ0v) is 16.5. The predicted molar refractivity (Wildman–Crippen MR) is 109 cm³/mol. The molecule has 27 heavy (non-hydrogen) atoms. The molecule has 2 aliphatic rings. The van der Waals surface area contributed by atoms with Crippen LogP contribution < -0.4 is 15.9 Å². The Morgan fingerprint density at radius 2 is 2.00 bits per heavy atom. The summed E-state index contributed by atoms with van der Waals surface area (Å²) in [4.78, 5) is 17.9. The van der Waals surface area contributed by atoms with Crippen molar-refractivity contribution in [3.8, 4) is 0 Å². The molecule has 0 radical (unpaired) electrons. The van der Waals surface area contributed by atoms with E-state index in [1.807, 2.05) is 24.3 Å². The van der Waals surface area contributed by atoms with Crippen molar-refractivity contribution in [3.63, 3.8) is 0 Å². The smallest absolute Gasteiger partial charge is 0.276 e. The van der Waals surface area contributed by atoms with Gasteiger partial charge in [-0.1, -0.05) is 60.6 Å². The molecule has 0 saturated carbocycles. The Kier molecular flexibility index (Phi) is 4.74. The fourth-order valence-electron chi connectivity index (χ4n) is 3.33. The Balaban J connectivity index is 1.93. The molecule has 0 unspecified atom stereocenters. The molecule has 2 aliphatic heterocycles. The van der Waals surface area contributed by atoms with Crippen LogP contribution in [0, 0.1) is 13.8 Å². The van der Waals surface area contributed by atoms with Gasteiger partial charge in [0.25, 0.3) is 5.91 Å². The second-order valence-electron chi connectivity index (χ2n) is 6.78. The van der Waals surface area contributed by atoms with Gasteiger partial charge >= 0.3 is 0 Å². The Bertz CT molecular complexity index is 1060. The summed E-state index contributed by atoms with van der Waals surface area (Å²) in [6, 6.07) is 14.1. The zero-order chi connectivity index (χ0) is 19.0. The number of hydrazone groups is 1. The van der Waals surface area contributed by atoms with Crippen LogP contribution in [0.3, 0.4) is 0 Å². The minimum atomic E-state index is -0.349. The molecule has 138 valence electrons. The molecule has 0 aromatic heterocycles. The second-order valence-corrected chi connectivity index (χ2v) is 7.86. The monoisotopic (exact) mass is 378 g/mol. The van der Waals surface area contributed by atoms with Crippen molar-refractivity contribution in [2.45, 2.75) is 33.4 Å². The normalized spacial score (nSPS) is 18.3. The van der Waals surface area contributed by atoms with Gasteiger partial charge in [0.1, 0.15) is 5.70 Å². The third-order valence-electron chi connectivity index (χ3n) is 4.67. The minimum absolute atomic E-state index is 0.124. The molecule has 1 amide bonds. The first kappa shape index (κ1) is 17.8. The molecule has 0 spiro atoms. The quantitative estimate of drug-likeness (QED) is 0.893. The van der Waals surface area contributed by atoms with Crippen LogP contribution in [0.15, 0.2) is 52.6 Å². The summed E-state index contributed by atoms with van der Waals surface area (Å²) in [5.74, 6) is 0.783. The number of thioether (sulfide) groups is 1. The van der Waals surface area contributed by atoms with Crippen molar-refractivity contribution in [2.24, 2.45) is 10.1 Å². The van der Waals surface area contributed by atoms with Gasteiger partial charge in [-0.3, -0.25) is 15.1 Å². The van der Waals surface area contributed by atoms with Gasteiger partial charge in [-0.15, -0.1) is 5.10 Å². The Labute approximate surface area is 162 Å². The Morgan fingerprint density at radius 3 is 2.81 bits per heavy atom. The van der Waals surface area contributed by atoms with Crippen LogP contribution in [-0.4, -0.2) is 21.8 Å². The number of benzene rings is 2. The molecule has 2 heterocycles. The summed E-state index contributed by atoms with van der Waals surface area (Å²) in [6.07, 6.45) is 0.669. The van der Waals surface area contributed by atoms with Crippen LogP contribution in [0.25, 0.3) is 5.70 Å². The van der Waals surface area contributed by atoms with Crippen LogP contribution in [0.5, 0.6) is 0 Å². The number of amides is 1. The maximum absolute atomic E-state index is 13.0. The number of nitrogens with zero attached hydrogens (tertiary/aromatic N) is 3. The highest BCUT2D eigenvalue weighted by molar-refractivity contribution is 8.13. The van der Waals surface area contributed by atoms with Crippen LogP contribution >= 0.6 is 11.8 Å². The summed E-state index contributed by atoms with van der Waals surface area (Å²) in [5, 5.41) is 11.8. The summed E-state index contributed by atoms with van der Waals surface area (Å²) in [7, 11) is 0. The highest BCUT2D eigenvalue weighted by atomic mass is 32.2. The topological polar surface area (TPSA) is 57.1 Å². The van der Waals surface area contributed by atoms with E-state index in [0.29, 0.717) is 10.9 Å². The van der Waals surface area contributed by atoms with Crippen molar-refractivity contribution in [1.29, 1.82) is 0 Å². The van der Waals surface area contributed by atoms with E-state index in [-0.39, 0.29) is 12.1 Å². The van der Waals surface area contributed by atoms with E-state index >= 15 is 0 Å². The SMILES string of the molecule is CCCSC1=NN2C(=c3ccccc3=N[C@@H]2c2cc(C)ccc2C)C(=O)N1. The molecule has 0 aliphatic carbocycles. The van der Waals surface area contributed by atoms with E-state index < -0.39 is 0 Å². The van der Waals surface area contributed by atoms with E-state index in [2.05, 4.69) is 44.3 Å². The molecule has 2 aromatic rings. The van der Waals surface area contributed by atoms with E-state index in [4.69, 9.17) is 10.1 Å². The van der Waals surface area contributed by atoms with Crippen molar-refractivity contribution in [3.05, 3.63) is 69.7 Å². The largest absolute Gasteiger partial charge is 0.298 e. The van der Waals surface area contributed by atoms with Crippen molar-refractivity contribution in [2.75, 3.05) is 5.75 Å². The number of hydrogen-bond acceptors (Lipinski definition) is 5. The first-order valence-electron chi connectivity index (χ1n) is 9.15. The number of carbonyl (C=O) groups excluding carboxylic acids is 1. The van der Waals surface area contributed by atoms with Crippen molar-refractivity contribution in [1.82, 2.24) is 10.3 Å². The van der Waals surface area contributed by atoms with Crippen molar-refractivity contribution < 1.29 is 4.79 Å². The molecule has 6 heteroatoms. The van der Waals surface area contributed by atoms with Crippen LogP contribution in [0.1, 0.15) is 36.2 Å². The lowest BCUT2D eigenvalue weighted by Crippen LogP contribution is -2.50. The lowest BCUT2D eigenvalue weighted by atomic mass is 10.0. The van der Waals surface area contributed by atoms with E-state index in [0.717, 1.165) is 39.4 Å². The fourth-order valence-corrected chi connectivity index (χ4v) is 4.04. The van der Waals surface area contributed by atoms with Gasteiger partial charge in [-0.2, -0.15) is 0 Å². The summed E-state index contributed by atoms with van der Waals surface area (Å²) in [6.45, 7) is 6.26. The fraction of sp³-hybridized carbons (Fsp3) is 0.286. The molecule has 0 fully saturated rings. The number of nitrogens with one attached hydrogen (secondary N) is 1. The molecule has 2 aromatic carbocycles. The van der Waals surface area contributed by atoms with Gasteiger partial charge in [-0.25, -0.2) is 5.01 Å². The van der Waals surface area contributed by atoms with Gasteiger partial charge in [0, 0.05) is 16.5 Å². The number of para-hydroxylation sites is 1. The predicted octanol–water partition coefficient (Wildman–Crippen LogP) is 2.59. The number of hydrogen-bond donors (Lipinski definition) is 1. The van der Waals surface area contributed by atoms with Crippen LogP contribution in [0.2, 0.25) is 0 Å². The number of rotatable bonds is 3. The van der Waals surface area contributed by atoms with Gasteiger partial charge in [0.2, 0.25) is 0 Å². The maximum Gasteiger partial charge on any atom is 0.276 e. The zero-order valence-electron chi connectivity index (χ0n) is 15.7. The molecule has 5 nitrogen and oxygen atoms in total. The maximum atomic E-state index is 13.0. The third kappa shape index (κ3) is 3.25. The van der Waals surface area contributed by atoms with Gasteiger partial charge in [0.15, 0.2) is 11.3 Å². The highest BCUT2D eigenvalue weighted by Crippen LogP contribution is 2.32. The minimum Gasteiger partial charge on any atom is -0.298 e. The standard InChI is InChI=1S/C21H22N4OS/c1-4-11-27-21-23-20(26)18-15-7-5-6-8-17(15)22-19(25(18)24-21)16-12-13(2)9-10-14(16)3/h5-10,12,19H,4,11H2,1-3H3,(H,23,24,26)/t19-/m0/s1.